The maximum absolute atomic E-state index is 12.8. The minimum Gasteiger partial charge on any atom is -0.480 e. The zero-order chi connectivity index (χ0) is 17.4. The van der Waals surface area contributed by atoms with Crippen LogP contribution in [0.5, 0.6) is 0 Å². The van der Waals surface area contributed by atoms with E-state index in [0.717, 1.165) is 24.8 Å². The predicted molar refractivity (Wildman–Crippen MR) is 88.9 cm³/mol. The zero-order valence-electron chi connectivity index (χ0n) is 13.8. The van der Waals surface area contributed by atoms with Crippen LogP contribution in [-0.2, 0) is 11.3 Å². The average Bonchev–Trinajstić information content (AvgIpc) is 3.29. The Hall–Kier alpha value is -2.70. The lowest BCUT2D eigenvalue weighted by Gasteiger charge is -2.23. The third-order valence-electron chi connectivity index (χ3n) is 5.35. The van der Waals surface area contributed by atoms with Gasteiger partial charge < -0.3 is 10.0 Å². The summed E-state index contributed by atoms with van der Waals surface area (Å²) >= 11 is 0. The average molecular weight is 340 g/mol. The number of benzene rings is 1. The van der Waals surface area contributed by atoms with Gasteiger partial charge in [-0.15, -0.1) is 5.10 Å². The highest BCUT2D eigenvalue weighted by atomic mass is 16.4. The SMILES string of the molecule is O=C(O)C1C2CCCC2CN1C(=O)c1cn(Cc2ccccc2)nn1. The fourth-order valence-corrected chi connectivity index (χ4v) is 4.22. The standard InChI is InChI=1S/C18H20N4O3/c23-17(22-10-13-7-4-8-14(13)16(22)18(24)25)15-11-21(20-19-15)9-12-5-2-1-3-6-12/h1-3,5-6,11,13-14,16H,4,7-10H2,(H,24,25). The van der Waals surface area contributed by atoms with Crippen molar-refractivity contribution in [2.24, 2.45) is 11.8 Å². The van der Waals surface area contributed by atoms with Gasteiger partial charge in [-0.3, -0.25) is 4.79 Å². The molecule has 0 radical (unpaired) electrons. The van der Waals surface area contributed by atoms with E-state index in [1.807, 2.05) is 30.3 Å². The van der Waals surface area contributed by atoms with E-state index in [4.69, 9.17) is 0 Å². The number of carbonyl (C=O) groups is 2. The number of likely N-dealkylation sites (tertiary alicyclic amines) is 1. The Labute approximate surface area is 145 Å². The highest BCUT2D eigenvalue weighted by Crippen LogP contribution is 2.42. The second-order valence-electron chi connectivity index (χ2n) is 6.88. The summed E-state index contributed by atoms with van der Waals surface area (Å²) in [4.78, 5) is 26.0. The Morgan fingerprint density at radius 3 is 2.76 bits per heavy atom. The molecular formula is C18H20N4O3. The first-order chi connectivity index (χ1) is 12.1. The van der Waals surface area contributed by atoms with Crippen LogP contribution < -0.4 is 0 Å². The number of aliphatic carboxylic acids is 1. The Morgan fingerprint density at radius 2 is 2.00 bits per heavy atom. The maximum atomic E-state index is 12.8. The van der Waals surface area contributed by atoms with Crippen LogP contribution in [0.4, 0.5) is 0 Å². The van der Waals surface area contributed by atoms with Crippen LogP contribution in [0.2, 0.25) is 0 Å². The molecule has 1 amide bonds. The van der Waals surface area contributed by atoms with Crippen LogP contribution in [0, 0.1) is 11.8 Å². The first kappa shape index (κ1) is 15.8. The van der Waals surface area contributed by atoms with Crippen LogP contribution in [0.15, 0.2) is 36.5 Å². The number of aromatic nitrogens is 3. The van der Waals surface area contributed by atoms with E-state index >= 15 is 0 Å². The molecule has 1 aliphatic heterocycles. The lowest BCUT2D eigenvalue weighted by molar-refractivity contribution is -0.142. The van der Waals surface area contributed by atoms with Gasteiger partial charge in [-0.1, -0.05) is 42.0 Å². The number of amides is 1. The van der Waals surface area contributed by atoms with Crippen molar-refractivity contribution < 1.29 is 14.7 Å². The summed E-state index contributed by atoms with van der Waals surface area (Å²) in [6.45, 7) is 1.03. The summed E-state index contributed by atoms with van der Waals surface area (Å²) in [5, 5.41) is 17.6. The Kier molecular flexibility index (Phi) is 3.99. The third kappa shape index (κ3) is 2.90. The van der Waals surface area contributed by atoms with Crippen molar-refractivity contribution in [1.29, 1.82) is 0 Å². The number of carboxylic acid groups (broad SMARTS) is 1. The van der Waals surface area contributed by atoms with Crippen LogP contribution in [0.25, 0.3) is 0 Å². The van der Waals surface area contributed by atoms with Gasteiger partial charge in [0.05, 0.1) is 12.7 Å². The largest absolute Gasteiger partial charge is 0.480 e. The van der Waals surface area contributed by atoms with E-state index < -0.39 is 12.0 Å². The molecule has 25 heavy (non-hydrogen) atoms. The van der Waals surface area contributed by atoms with Crippen LogP contribution in [0.3, 0.4) is 0 Å². The van der Waals surface area contributed by atoms with Crippen molar-refractivity contribution in [3.63, 3.8) is 0 Å². The summed E-state index contributed by atoms with van der Waals surface area (Å²) in [7, 11) is 0. The van der Waals surface area contributed by atoms with Crippen molar-refractivity contribution >= 4 is 11.9 Å². The molecule has 2 fully saturated rings. The molecule has 1 N–H and O–H groups in total. The molecule has 2 aliphatic rings. The minimum atomic E-state index is -0.917. The molecule has 1 aromatic carbocycles. The van der Waals surface area contributed by atoms with Crippen molar-refractivity contribution in [2.75, 3.05) is 6.54 Å². The molecule has 1 saturated heterocycles. The Balaban J connectivity index is 1.52. The lowest BCUT2D eigenvalue weighted by atomic mass is 9.94. The first-order valence-corrected chi connectivity index (χ1v) is 8.61. The monoisotopic (exact) mass is 340 g/mol. The summed E-state index contributed by atoms with van der Waals surface area (Å²) in [6, 6.07) is 9.05. The number of carbonyl (C=O) groups excluding carboxylic acids is 1. The fraction of sp³-hybridized carbons (Fsp3) is 0.444. The third-order valence-corrected chi connectivity index (χ3v) is 5.35. The predicted octanol–water partition coefficient (Wildman–Crippen LogP) is 1.65. The molecule has 1 saturated carbocycles. The molecule has 0 bridgehead atoms. The van der Waals surface area contributed by atoms with Gasteiger partial charge in [0, 0.05) is 6.54 Å². The summed E-state index contributed by atoms with van der Waals surface area (Å²) < 4.78 is 1.61. The van der Waals surface area contributed by atoms with Gasteiger partial charge in [0.2, 0.25) is 0 Å². The second kappa shape index (κ2) is 6.31. The van der Waals surface area contributed by atoms with Gasteiger partial charge in [0.15, 0.2) is 5.69 Å². The molecule has 130 valence electrons. The quantitative estimate of drug-likeness (QED) is 0.914. The van der Waals surface area contributed by atoms with E-state index in [0.29, 0.717) is 19.0 Å². The van der Waals surface area contributed by atoms with Crippen molar-refractivity contribution in [3.05, 3.63) is 47.8 Å². The molecule has 2 heterocycles. The van der Waals surface area contributed by atoms with E-state index in [1.165, 1.54) is 4.90 Å². The van der Waals surface area contributed by atoms with E-state index in [9.17, 15) is 14.7 Å². The number of nitrogens with zero attached hydrogens (tertiary/aromatic N) is 4. The summed E-state index contributed by atoms with van der Waals surface area (Å²) in [5.41, 5.74) is 1.27. The van der Waals surface area contributed by atoms with Gasteiger partial charge in [-0.2, -0.15) is 0 Å². The molecule has 1 aromatic heterocycles. The molecule has 1 aliphatic carbocycles. The minimum absolute atomic E-state index is 0.0702. The molecule has 4 rings (SSSR count). The van der Waals surface area contributed by atoms with Gasteiger partial charge in [0.1, 0.15) is 6.04 Å². The van der Waals surface area contributed by atoms with E-state index in [1.54, 1.807) is 10.9 Å². The van der Waals surface area contributed by atoms with Gasteiger partial charge in [-0.25, -0.2) is 9.48 Å². The molecule has 0 spiro atoms. The van der Waals surface area contributed by atoms with Crippen molar-refractivity contribution in [2.45, 2.75) is 31.8 Å². The van der Waals surface area contributed by atoms with Crippen molar-refractivity contribution in [3.8, 4) is 0 Å². The number of hydrogen-bond acceptors (Lipinski definition) is 4. The molecule has 7 heteroatoms. The molecular weight excluding hydrogens is 320 g/mol. The Bertz CT molecular complexity index is 789. The first-order valence-electron chi connectivity index (χ1n) is 8.61. The molecule has 3 atom stereocenters. The molecule has 7 nitrogen and oxygen atoms in total. The smallest absolute Gasteiger partial charge is 0.326 e. The van der Waals surface area contributed by atoms with Gasteiger partial charge in [-0.05, 0) is 30.2 Å². The van der Waals surface area contributed by atoms with Crippen molar-refractivity contribution in [1.82, 2.24) is 19.9 Å². The molecule has 3 unspecified atom stereocenters. The fourth-order valence-electron chi connectivity index (χ4n) is 4.22. The highest BCUT2D eigenvalue weighted by molar-refractivity contribution is 5.95. The lowest BCUT2D eigenvalue weighted by Crippen LogP contribution is -2.43. The summed E-state index contributed by atoms with van der Waals surface area (Å²) in [6.07, 6.45) is 4.53. The van der Waals surface area contributed by atoms with Gasteiger partial charge >= 0.3 is 5.97 Å². The molecule has 2 aromatic rings. The van der Waals surface area contributed by atoms with Crippen LogP contribution in [-0.4, -0.2) is 49.5 Å². The topological polar surface area (TPSA) is 88.3 Å². The number of fused-ring (bicyclic) bond motifs is 1. The number of hydrogen-bond donors (Lipinski definition) is 1. The van der Waals surface area contributed by atoms with E-state index in [-0.39, 0.29) is 17.5 Å². The maximum Gasteiger partial charge on any atom is 0.326 e. The van der Waals surface area contributed by atoms with Crippen LogP contribution in [0.1, 0.15) is 35.3 Å². The summed E-state index contributed by atoms with van der Waals surface area (Å²) in [5.74, 6) is -0.884. The van der Waals surface area contributed by atoms with Gasteiger partial charge in [0.25, 0.3) is 5.91 Å². The van der Waals surface area contributed by atoms with E-state index in [2.05, 4.69) is 10.3 Å². The Morgan fingerprint density at radius 1 is 1.20 bits per heavy atom. The highest BCUT2D eigenvalue weighted by Gasteiger charge is 2.50. The zero-order valence-corrected chi connectivity index (χ0v) is 13.8. The van der Waals surface area contributed by atoms with Crippen LogP contribution >= 0.6 is 0 Å². The number of carboxylic acids is 1. The number of rotatable bonds is 4. The normalized spacial score (nSPS) is 25.1. The second-order valence-corrected chi connectivity index (χ2v) is 6.88.